The van der Waals surface area contributed by atoms with E-state index in [1.165, 1.54) is 24.3 Å². The van der Waals surface area contributed by atoms with Gasteiger partial charge in [0.15, 0.2) is 17.4 Å². The maximum absolute atomic E-state index is 13.0. The number of nitrogens with one attached hydrogen (secondary N) is 1. The summed E-state index contributed by atoms with van der Waals surface area (Å²) < 4.78 is 14.8. The summed E-state index contributed by atoms with van der Waals surface area (Å²) in [6.07, 6.45) is 6.06. The number of carbonyl (C=O) groups excluding carboxylic acids is 1. The van der Waals surface area contributed by atoms with Gasteiger partial charge in [0.2, 0.25) is 5.91 Å². The highest BCUT2D eigenvalue weighted by Crippen LogP contribution is 2.17. The van der Waals surface area contributed by atoms with Gasteiger partial charge in [-0.1, -0.05) is 29.8 Å². The Bertz CT molecular complexity index is 973. The molecule has 0 atom stereocenters. The number of amides is 1. The first-order valence-corrected chi connectivity index (χ1v) is 8.11. The highest BCUT2D eigenvalue weighted by molar-refractivity contribution is 6.30. The van der Waals surface area contributed by atoms with Crippen LogP contribution >= 0.6 is 24.0 Å². The van der Waals surface area contributed by atoms with Crippen LogP contribution in [0.3, 0.4) is 0 Å². The fourth-order valence-corrected chi connectivity index (χ4v) is 2.54. The Morgan fingerprint density at radius 2 is 2.11 bits per heavy atom. The van der Waals surface area contributed by atoms with Crippen LogP contribution in [0.1, 0.15) is 11.1 Å². The molecule has 8 heteroatoms. The molecule has 0 spiro atoms. The van der Waals surface area contributed by atoms with Crippen LogP contribution in [0.25, 0.3) is 6.08 Å². The van der Waals surface area contributed by atoms with Gasteiger partial charge in [-0.15, -0.1) is 12.4 Å². The second kappa shape index (κ2) is 9.21. The monoisotopic (exact) mass is 407 g/mol. The number of halogens is 3. The molecule has 1 heterocycles. The predicted octanol–water partition coefficient (Wildman–Crippen LogP) is 4.50. The highest BCUT2D eigenvalue weighted by Gasteiger charge is 2.04. The molecule has 0 bridgehead atoms. The Balaban J connectivity index is 0.00000261. The summed E-state index contributed by atoms with van der Waals surface area (Å²) in [5, 5.41) is 12.6. The van der Waals surface area contributed by atoms with E-state index in [0.717, 1.165) is 11.6 Å². The molecule has 0 unspecified atom stereocenters. The molecule has 0 fully saturated rings. The van der Waals surface area contributed by atoms with Gasteiger partial charge in [-0.25, -0.2) is 9.37 Å². The highest BCUT2D eigenvalue weighted by atomic mass is 35.5. The summed E-state index contributed by atoms with van der Waals surface area (Å²) in [6, 6.07) is 11.3. The number of imidazole rings is 1. The summed E-state index contributed by atoms with van der Waals surface area (Å²) >= 11 is 5.96. The molecule has 0 aliphatic heterocycles. The maximum Gasteiger partial charge on any atom is 0.249 e. The number of anilines is 1. The van der Waals surface area contributed by atoms with E-state index < -0.39 is 11.6 Å². The van der Waals surface area contributed by atoms with Gasteiger partial charge >= 0.3 is 0 Å². The number of phenolic OH excluding ortho intramolecular Hbond substituents is 1. The molecule has 2 aromatic carbocycles. The summed E-state index contributed by atoms with van der Waals surface area (Å²) in [4.78, 5) is 16.1. The lowest BCUT2D eigenvalue weighted by atomic mass is 10.2. The maximum atomic E-state index is 13.0. The lowest BCUT2D eigenvalue weighted by molar-refractivity contribution is -0.111. The van der Waals surface area contributed by atoms with Gasteiger partial charge in [-0.2, -0.15) is 0 Å². The van der Waals surface area contributed by atoms with E-state index in [1.54, 1.807) is 18.6 Å². The van der Waals surface area contributed by atoms with Gasteiger partial charge in [0.1, 0.15) is 0 Å². The quantitative estimate of drug-likeness (QED) is 0.611. The molecule has 5 nitrogen and oxygen atoms in total. The lowest BCUT2D eigenvalue weighted by Gasteiger charge is -2.02. The minimum absolute atomic E-state index is 0. The standard InChI is InChI=1S/C19H15ClFN3O2.ClH/c20-15-3-1-2-14(8-15)10-24-11-18(22-12-24)23-19(26)7-5-13-4-6-16(21)17(25)9-13;/h1-9,11-12,25H,10H2,(H,23,26);1H/b7-5+;. The average molecular weight is 408 g/mol. The average Bonchev–Trinajstić information content (AvgIpc) is 3.03. The largest absolute Gasteiger partial charge is 0.505 e. The second-order valence-electron chi connectivity index (χ2n) is 5.59. The molecule has 1 amide bonds. The van der Waals surface area contributed by atoms with Gasteiger partial charge < -0.3 is 15.0 Å². The number of rotatable bonds is 5. The fraction of sp³-hybridized carbons (Fsp3) is 0.0526. The minimum Gasteiger partial charge on any atom is -0.505 e. The number of aromatic nitrogens is 2. The number of carbonyl (C=O) groups is 1. The third-order valence-electron chi connectivity index (χ3n) is 3.54. The molecule has 3 aromatic rings. The van der Waals surface area contributed by atoms with E-state index >= 15 is 0 Å². The van der Waals surface area contributed by atoms with Crippen molar-refractivity contribution >= 4 is 41.8 Å². The SMILES string of the molecule is Cl.O=C(/C=C/c1ccc(F)c(O)c1)Nc1cn(Cc2cccc(Cl)c2)cn1. The minimum atomic E-state index is -0.711. The zero-order chi connectivity index (χ0) is 18.5. The van der Waals surface area contributed by atoms with Crippen LogP contribution in [0.4, 0.5) is 10.2 Å². The van der Waals surface area contributed by atoms with Crippen LogP contribution < -0.4 is 5.32 Å². The number of hydrogen-bond acceptors (Lipinski definition) is 3. The Labute approximate surface area is 166 Å². The Morgan fingerprint density at radius 3 is 2.85 bits per heavy atom. The molecular weight excluding hydrogens is 392 g/mol. The molecule has 27 heavy (non-hydrogen) atoms. The van der Waals surface area contributed by atoms with Crippen molar-refractivity contribution in [2.45, 2.75) is 6.54 Å². The summed E-state index contributed by atoms with van der Waals surface area (Å²) in [6.45, 7) is 0.578. The Kier molecular flexibility index (Phi) is 6.98. The Hall–Kier alpha value is -2.83. The second-order valence-corrected chi connectivity index (χ2v) is 6.03. The lowest BCUT2D eigenvalue weighted by Crippen LogP contribution is -2.08. The van der Waals surface area contributed by atoms with Crippen LogP contribution in [0, 0.1) is 5.82 Å². The van der Waals surface area contributed by atoms with Crippen LogP contribution in [0.5, 0.6) is 5.75 Å². The van der Waals surface area contributed by atoms with Crippen molar-refractivity contribution in [2.75, 3.05) is 5.32 Å². The smallest absolute Gasteiger partial charge is 0.249 e. The van der Waals surface area contributed by atoms with E-state index in [9.17, 15) is 14.3 Å². The Morgan fingerprint density at radius 1 is 1.30 bits per heavy atom. The predicted molar refractivity (Wildman–Crippen MR) is 106 cm³/mol. The normalized spacial score (nSPS) is 10.6. The molecule has 0 aliphatic rings. The van der Waals surface area contributed by atoms with E-state index in [1.807, 2.05) is 22.8 Å². The van der Waals surface area contributed by atoms with Gasteiger partial charge in [0.25, 0.3) is 0 Å². The molecule has 1 aromatic heterocycles. The number of phenols is 1. The van der Waals surface area contributed by atoms with Crippen molar-refractivity contribution in [3.8, 4) is 5.75 Å². The third-order valence-corrected chi connectivity index (χ3v) is 3.77. The summed E-state index contributed by atoms with van der Waals surface area (Å²) in [7, 11) is 0. The zero-order valence-corrected chi connectivity index (χ0v) is 15.5. The first-order valence-electron chi connectivity index (χ1n) is 7.73. The van der Waals surface area contributed by atoms with Crippen LogP contribution in [0.2, 0.25) is 5.02 Å². The zero-order valence-electron chi connectivity index (χ0n) is 14.0. The van der Waals surface area contributed by atoms with Crippen LogP contribution in [0.15, 0.2) is 61.1 Å². The number of benzene rings is 2. The van der Waals surface area contributed by atoms with E-state index in [4.69, 9.17) is 11.6 Å². The van der Waals surface area contributed by atoms with Crippen molar-refractivity contribution in [1.82, 2.24) is 9.55 Å². The summed E-state index contributed by atoms with van der Waals surface area (Å²) in [5.41, 5.74) is 1.52. The topological polar surface area (TPSA) is 67.2 Å². The number of hydrogen-bond donors (Lipinski definition) is 2. The third kappa shape index (κ3) is 5.84. The van der Waals surface area contributed by atoms with Crippen molar-refractivity contribution in [2.24, 2.45) is 0 Å². The molecule has 0 saturated heterocycles. The van der Waals surface area contributed by atoms with Gasteiger partial charge in [0.05, 0.1) is 6.33 Å². The van der Waals surface area contributed by atoms with Crippen molar-refractivity contribution < 1.29 is 14.3 Å². The number of aromatic hydroxyl groups is 1. The fourth-order valence-electron chi connectivity index (χ4n) is 2.33. The molecule has 2 N–H and O–H groups in total. The van der Waals surface area contributed by atoms with Crippen molar-refractivity contribution in [1.29, 1.82) is 0 Å². The number of nitrogens with zero attached hydrogens (tertiary/aromatic N) is 2. The van der Waals surface area contributed by atoms with E-state index in [2.05, 4.69) is 10.3 Å². The molecule has 3 rings (SSSR count). The molecule has 140 valence electrons. The molecular formula is C19H16Cl2FN3O2. The van der Waals surface area contributed by atoms with Crippen LogP contribution in [-0.2, 0) is 11.3 Å². The van der Waals surface area contributed by atoms with Crippen molar-refractivity contribution in [3.63, 3.8) is 0 Å². The van der Waals surface area contributed by atoms with Gasteiger partial charge in [-0.05, 0) is 41.5 Å². The van der Waals surface area contributed by atoms with Crippen LogP contribution in [-0.4, -0.2) is 20.6 Å². The molecule has 0 aliphatic carbocycles. The van der Waals surface area contributed by atoms with Gasteiger partial charge in [-0.3, -0.25) is 4.79 Å². The van der Waals surface area contributed by atoms with E-state index in [-0.39, 0.29) is 18.3 Å². The molecule has 0 radical (unpaired) electrons. The molecule has 0 saturated carbocycles. The summed E-state index contributed by atoms with van der Waals surface area (Å²) in [5.74, 6) is -1.16. The van der Waals surface area contributed by atoms with Gasteiger partial charge in [0, 0.05) is 23.8 Å². The first-order chi connectivity index (χ1) is 12.5. The first kappa shape index (κ1) is 20.5. The van der Waals surface area contributed by atoms with Crippen molar-refractivity contribution in [3.05, 3.63) is 83.0 Å². The van der Waals surface area contributed by atoms with E-state index in [0.29, 0.717) is 22.9 Å².